The van der Waals surface area contributed by atoms with Gasteiger partial charge in [0.2, 0.25) is 0 Å². The van der Waals surface area contributed by atoms with Crippen molar-refractivity contribution in [1.82, 2.24) is 9.97 Å². The van der Waals surface area contributed by atoms with Crippen molar-refractivity contribution in [3.05, 3.63) is 83.8 Å². The number of ketones is 1. The lowest BCUT2D eigenvalue weighted by Gasteiger charge is -2.35. The molecule has 9 heteroatoms. The first-order valence-electron chi connectivity index (χ1n) is 10.2. The molecule has 0 saturated heterocycles. The molecule has 2 aromatic heterocycles. The number of anilines is 1. The van der Waals surface area contributed by atoms with E-state index in [0.29, 0.717) is 47.0 Å². The second-order valence-corrected chi connectivity index (χ2v) is 8.75. The summed E-state index contributed by atoms with van der Waals surface area (Å²) in [6.45, 7) is 0. The SMILES string of the molecule is COc1cccc([C@@H]2C3=C(C[C@H](c4cccs4)CC3=O)Nc3[nH]c(=O)[nH]c(=O)c32)c1OC. The summed E-state index contributed by atoms with van der Waals surface area (Å²) in [5, 5.41) is 5.18. The van der Waals surface area contributed by atoms with Crippen molar-refractivity contribution in [2.45, 2.75) is 24.7 Å². The number of carbonyl (C=O) groups excluding carboxylic acids is 1. The monoisotopic (exact) mass is 451 g/mol. The molecule has 0 fully saturated rings. The lowest BCUT2D eigenvalue weighted by molar-refractivity contribution is -0.116. The molecule has 3 N–H and O–H groups in total. The van der Waals surface area contributed by atoms with Gasteiger partial charge in [-0.3, -0.25) is 19.6 Å². The predicted octanol–water partition coefficient (Wildman–Crippen LogP) is 3.10. The molecule has 0 radical (unpaired) electrons. The van der Waals surface area contributed by atoms with Crippen LogP contribution in [0.15, 0.2) is 56.6 Å². The third-order valence-electron chi connectivity index (χ3n) is 6.03. The number of rotatable bonds is 4. The Morgan fingerprint density at radius 1 is 1.00 bits per heavy atom. The van der Waals surface area contributed by atoms with E-state index >= 15 is 0 Å². The molecule has 164 valence electrons. The summed E-state index contributed by atoms with van der Waals surface area (Å²) >= 11 is 1.62. The largest absolute Gasteiger partial charge is 0.493 e. The number of H-pyrrole nitrogens is 2. The van der Waals surface area contributed by atoms with Crippen LogP contribution < -0.4 is 26.0 Å². The average Bonchev–Trinajstić information content (AvgIpc) is 3.31. The number of aromatic amines is 2. The van der Waals surface area contributed by atoms with Gasteiger partial charge < -0.3 is 14.8 Å². The first kappa shape index (κ1) is 20.3. The summed E-state index contributed by atoms with van der Waals surface area (Å²) < 4.78 is 11.1. The topological polar surface area (TPSA) is 113 Å². The van der Waals surface area contributed by atoms with Crippen LogP contribution in [0, 0.1) is 0 Å². The van der Waals surface area contributed by atoms with Crippen molar-refractivity contribution in [2.75, 3.05) is 19.5 Å². The number of hydrogen-bond acceptors (Lipinski definition) is 7. The molecule has 0 spiro atoms. The van der Waals surface area contributed by atoms with Crippen LogP contribution in [0.25, 0.3) is 0 Å². The minimum Gasteiger partial charge on any atom is -0.493 e. The number of ether oxygens (including phenoxy) is 2. The summed E-state index contributed by atoms with van der Waals surface area (Å²) in [7, 11) is 3.05. The molecular formula is C23H21N3O5S. The molecule has 3 aromatic rings. The van der Waals surface area contributed by atoms with Gasteiger partial charge in [0, 0.05) is 34.0 Å². The molecule has 2 atom stereocenters. The standard InChI is InChI=1S/C23H21N3O5S/c1-30-15-6-3-5-12(20(15)31-2)17-18-13(24-21-19(17)22(28)26-23(29)25-21)9-11(10-14(18)27)16-7-4-8-32-16/h3-8,11,17H,9-10H2,1-2H3,(H3,24,25,26,28,29)/t11-,17+/m0/s1. The molecule has 1 aliphatic heterocycles. The molecule has 2 aliphatic rings. The van der Waals surface area contributed by atoms with E-state index in [1.165, 1.54) is 14.2 Å². The Hall–Kier alpha value is -3.59. The van der Waals surface area contributed by atoms with Gasteiger partial charge in [-0.15, -0.1) is 11.3 Å². The van der Waals surface area contributed by atoms with Crippen LogP contribution in [-0.2, 0) is 4.79 Å². The number of allylic oxidation sites excluding steroid dienone is 2. The van der Waals surface area contributed by atoms with Gasteiger partial charge in [-0.05, 0) is 23.9 Å². The maximum Gasteiger partial charge on any atom is 0.327 e. The van der Waals surface area contributed by atoms with Gasteiger partial charge in [-0.25, -0.2) is 4.79 Å². The molecule has 0 saturated carbocycles. The quantitative estimate of drug-likeness (QED) is 0.562. The van der Waals surface area contributed by atoms with E-state index in [2.05, 4.69) is 15.3 Å². The van der Waals surface area contributed by atoms with Crippen molar-refractivity contribution in [3.8, 4) is 11.5 Å². The fourth-order valence-corrected chi connectivity index (χ4v) is 5.56. The molecule has 0 bridgehead atoms. The maximum absolute atomic E-state index is 13.5. The van der Waals surface area contributed by atoms with Gasteiger partial charge in [-0.2, -0.15) is 0 Å². The first-order chi connectivity index (χ1) is 15.5. The van der Waals surface area contributed by atoms with Crippen LogP contribution in [0.3, 0.4) is 0 Å². The normalized spacial score (nSPS) is 19.8. The lowest BCUT2D eigenvalue weighted by Crippen LogP contribution is -2.37. The number of benzene rings is 1. The van der Waals surface area contributed by atoms with Gasteiger partial charge in [0.25, 0.3) is 5.56 Å². The van der Waals surface area contributed by atoms with E-state index in [9.17, 15) is 14.4 Å². The van der Waals surface area contributed by atoms with Gasteiger partial charge in [-0.1, -0.05) is 18.2 Å². The zero-order valence-electron chi connectivity index (χ0n) is 17.5. The fourth-order valence-electron chi connectivity index (χ4n) is 4.72. The number of aromatic nitrogens is 2. The Morgan fingerprint density at radius 3 is 2.56 bits per heavy atom. The zero-order valence-corrected chi connectivity index (χ0v) is 18.3. The smallest absolute Gasteiger partial charge is 0.327 e. The number of fused-ring (bicyclic) bond motifs is 1. The average molecular weight is 452 g/mol. The van der Waals surface area contributed by atoms with E-state index in [-0.39, 0.29) is 17.3 Å². The number of thiophene rings is 1. The molecule has 1 aromatic carbocycles. The second-order valence-electron chi connectivity index (χ2n) is 7.77. The molecule has 3 heterocycles. The minimum atomic E-state index is -0.705. The maximum atomic E-state index is 13.5. The first-order valence-corrected chi connectivity index (χ1v) is 11.0. The van der Waals surface area contributed by atoms with Crippen LogP contribution in [0.5, 0.6) is 11.5 Å². The third kappa shape index (κ3) is 3.16. The van der Waals surface area contributed by atoms with E-state index in [1.807, 2.05) is 23.6 Å². The molecule has 1 aliphatic carbocycles. The van der Waals surface area contributed by atoms with Crippen LogP contribution in [0.4, 0.5) is 5.82 Å². The van der Waals surface area contributed by atoms with Crippen LogP contribution in [-0.4, -0.2) is 30.0 Å². The number of methoxy groups -OCH3 is 2. The summed E-state index contributed by atoms with van der Waals surface area (Å²) in [5.74, 6) is 0.530. The summed E-state index contributed by atoms with van der Waals surface area (Å²) in [6, 6.07) is 9.36. The molecule has 5 rings (SSSR count). The summed E-state index contributed by atoms with van der Waals surface area (Å²) in [6.07, 6.45) is 0.943. The summed E-state index contributed by atoms with van der Waals surface area (Å²) in [5.41, 5.74) is 0.975. The highest BCUT2D eigenvalue weighted by Gasteiger charge is 2.41. The Labute approximate surface area is 186 Å². The van der Waals surface area contributed by atoms with Crippen molar-refractivity contribution in [3.63, 3.8) is 0 Å². The zero-order chi connectivity index (χ0) is 22.4. The van der Waals surface area contributed by atoms with Gasteiger partial charge in [0.15, 0.2) is 17.3 Å². The van der Waals surface area contributed by atoms with Gasteiger partial charge in [0.05, 0.1) is 25.7 Å². The van der Waals surface area contributed by atoms with E-state index in [0.717, 1.165) is 4.88 Å². The van der Waals surface area contributed by atoms with Gasteiger partial charge in [0.1, 0.15) is 5.82 Å². The fraction of sp³-hybridized carbons (Fsp3) is 0.261. The molecule has 32 heavy (non-hydrogen) atoms. The van der Waals surface area contributed by atoms with Crippen molar-refractivity contribution in [2.24, 2.45) is 0 Å². The number of Topliss-reactive ketones (excluding diaryl/α,β-unsaturated/α-hetero) is 1. The number of hydrogen-bond donors (Lipinski definition) is 3. The highest BCUT2D eigenvalue weighted by molar-refractivity contribution is 7.10. The Morgan fingerprint density at radius 2 is 1.84 bits per heavy atom. The molecule has 8 nitrogen and oxygen atoms in total. The number of carbonyl (C=O) groups is 1. The molecular weight excluding hydrogens is 430 g/mol. The Kier molecular flexibility index (Phi) is 4.97. The number of para-hydroxylation sites is 1. The van der Waals surface area contributed by atoms with E-state index in [4.69, 9.17) is 9.47 Å². The molecule has 0 unspecified atom stereocenters. The van der Waals surface area contributed by atoms with E-state index in [1.54, 1.807) is 23.5 Å². The predicted molar refractivity (Wildman–Crippen MR) is 121 cm³/mol. The summed E-state index contributed by atoms with van der Waals surface area (Å²) in [4.78, 5) is 44.6. The van der Waals surface area contributed by atoms with Crippen LogP contribution in [0.2, 0.25) is 0 Å². The second kappa shape index (κ2) is 7.83. The van der Waals surface area contributed by atoms with Crippen molar-refractivity contribution < 1.29 is 14.3 Å². The third-order valence-corrected chi connectivity index (χ3v) is 7.07. The van der Waals surface area contributed by atoms with E-state index < -0.39 is 17.2 Å². The highest BCUT2D eigenvalue weighted by atomic mass is 32.1. The van der Waals surface area contributed by atoms with Gasteiger partial charge >= 0.3 is 5.69 Å². The van der Waals surface area contributed by atoms with Crippen LogP contribution >= 0.6 is 11.3 Å². The van der Waals surface area contributed by atoms with Crippen LogP contribution in [0.1, 0.15) is 40.7 Å². The lowest BCUT2D eigenvalue weighted by atomic mass is 9.73. The highest BCUT2D eigenvalue weighted by Crippen LogP contribution is 2.49. The van der Waals surface area contributed by atoms with Crippen molar-refractivity contribution >= 4 is 22.9 Å². The number of nitrogens with one attached hydrogen (secondary N) is 3. The minimum absolute atomic E-state index is 0.0386. The van der Waals surface area contributed by atoms with Crippen molar-refractivity contribution in [1.29, 1.82) is 0 Å². The molecule has 0 amide bonds. The Bertz CT molecular complexity index is 1350. The Balaban J connectivity index is 1.75.